The third kappa shape index (κ3) is 5.04. The minimum absolute atomic E-state index is 0.0434. The van der Waals surface area contributed by atoms with Crippen LogP contribution in [0.15, 0.2) is 46.8 Å². The lowest BCUT2D eigenvalue weighted by molar-refractivity contribution is -0.142. The van der Waals surface area contributed by atoms with Crippen molar-refractivity contribution >= 4 is 17.7 Å². The molecule has 0 N–H and O–H groups in total. The summed E-state index contributed by atoms with van der Waals surface area (Å²) in [4.78, 5) is 38.9. The minimum atomic E-state index is -1.17. The zero-order valence-corrected chi connectivity index (χ0v) is 19.4. The van der Waals surface area contributed by atoms with E-state index >= 15 is 0 Å². The SMILES string of the molecule is C=C(C)C1CC2=C(C(=O)OC)C(OC(C)CC)C(=O)C=C(C)CC3C=C(C(=O)O3)C(C1)O2. The van der Waals surface area contributed by atoms with Gasteiger partial charge >= 0.3 is 11.9 Å². The lowest BCUT2D eigenvalue weighted by atomic mass is 9.84. The van der Waals surface area contributed by atoms with Crippen molar-refractivity contribution in [3.05, 3.63) is 46.8 Å². The summed E-state index contributed by atoms with van der Waals surface area (Å²) < 4.78 is 22.8. The Morgan fingerprint density at radius 3 is 2.62 bits per heavy atom. The van der Waals surface area contributed by atoms with Gasteiger partial charge in [-0.3, -0.25) is 4.79 Å². The summed E-state index contributed by atoms with van der Waals surface area (Å²) in [6, 6.07) is 0. The fourth-order valence-corrected chi connectivity index (χ4v) is 4.20. The average Bonchev–Trinajstić information content (AvgIpc) is 3.11. The molecule has 4 bridgehead atoms. The predicted octanol–water partition coefficient (Wildman–Crippen LogP) is 3.74. The smallest absolute Gasteiger partial charge is 0.340 e. The van der Waals surface area contributed by atoms with E-state index in [-0.39, 0.29) is 23.4 Å². The van der Waals surface area contributed by atoms with Crippen LogP contribution in [0.25, 0.3) is 0 Å². The molecule has 3 aliphatic rings. The molecule has 0 amide bonds. The maximum Gasteiger partial charge on any atom is 0.340 e. The first-order chi connectivity index (χ1) is 15.1. The molecular weight excluding hydrogens is 412 g/mol. The third-order valence-electron chi connectivity index (χ3n) is 6.20. The van der Waals surface area contributed by atoms with Gasteiger partial charge in [0.1, 0.15) is 23.5 Å². The Morgan fingerprint density at radius 2 is 2.00 bits per heavy atom. The van der Waals surface area contributed by atoms with Gasteiger partial charge in [0, 0.05) is 12.8 Å². The van der Waals surface area contributed by atoms with E-state index in [1.807, 2.05) is 20.8 Å². The highest BCUT2D eigenvalue weighted by Crippen LogP contribution is 2.39. The molecule has 3 rings (SSSR count). The Labute approximate surface area is 189 Å². The zero-order chi connectivity index (χ0) is 23.6. The third-order valence-corrected chi connectivity index (χ3v) is 6.20. The number of carbonyl (C=O) groups excluding carboxylic acids is 3. The summed E-state index contributed by atoms with van der Waals surface area (Å²) in [5, 5.41) is 0. The van der Waals surface area contributed by atoms with Crippen LogP contribution in [0.5, 0.6) is 0 Å². The van der Waals surface area contributed by atoms with Gasteiger partial charge in [0.05, 0.1) is 18.8 Å². The molecule has 0 aliphatic carbocycles. The van der Waals surface area contributed by atoms with Crippen LogP contribution in [0, 0.1) is 5.92 Å². The number of ketones is 1. The Balaban J connectivity index is 2.22. The van der Waals surface area contributed by atoms with E-state index in [1.165, 1.54) is 13.2 Å². The molecule has 1 saturated heterocycles. The highest BCUT2D eigenvalue weighted by atomic mass is 16.6. The summed E-state index contributed by atoms with van der Waals surface area (Å²) >= 11 is 0. The first-order valence-electron chi connectivity index (χ1n) is 11.1. The molecule has 0 aromatic carbocycles. The molecule has 7 heteroatoms. The fraction of sp³-hybridized carbons (Fsp3) is 0.560. The predicted molar refractivity (Wildman–Crippen MR) is 117 cm³/mol. The van der Waals surface area contributed by atoms with Gasteiger partial charge in [-0.2, -0.15) is 0 Å². The first kappa shape index (κ1) is 24.0. The molecular formula is C25H32O7. The molecule has 0 saturated carbocycles. The summed E-state index contributed by atoms with van der Waals surface area (Å²) in [5.74, 6) is -1.25. The van der Waals surface area contributed by atoms with E-state index in [0.29, 0.717) is 37.0 Å². The maximum absolute atomic E-state index is 13.3. The van der Waals surface area contributed by atoms with Gasteiger partial charge in [0.25, 0.3) is 0 Å². The number of rotatable bonds is 5. The molecule has 7 nitrogen and oxygen atoms in total. The molecule has 5 unspecified atom stereocenters. The highest BCUT2D eigenvalue weighted by Gasteiger charge is 2.42. The number of fused-ring (bicyclic) bond motifs is 4. The molecule has 0 radical (unpaired) electrons. The lowest BCUT2D eigenvalue weighted by Gasteiger charge is -2.34. The second kappa shape index (κ2) is 9.86. The first-order valence-corrected chi connectivity index (χ1v) is 11.1. The van der Waals surface area contributed by atoms with Crippen LogP contribution >= 0.6 is 0 Å². The van der Waals surface area contributed by atoms with Crippen molar-refractivity contribution in [3.8, 4) is 0 Å². The Morgan fingerprint density at radius 1 is 1.28 bits per heavy atom. The van der Waals surface area contributed by atoms with Gasteiger partial charge in [0.2, 0.25) is 0 Å². The van der Waals surface area contributed by atoms with Crippen LogP contribution in [0.2, 0.25) is 0 Å². The Kier molecular flexibility index (Phi) is 7.39. The summed E-state index contributed by atoms with van der Waals surface area (Å²) in [7, 11) is 1.26. The topological polar surface area (TPSA) is 88.1 Å². The van der Waals surface area contributed by atoms with Crippen molar-refractivity contribution in [2.45, 2.75) is 77.8 Å². The van der Waals surface area contributed by atoms with Gasteiger partial charge in [-0.25, -0.2) is 9.59 Å². The zero-order valence-electron chi connectivity index (χ0n) is 19.4. The van der Waals surface area contributed by atoms with Crippen LogP contribution in [0.3, 0.4) is 0 Å². The van der Waals surface area contributed by atoms with E-state index in [2.05, 4.69) is 6.58 Å². The molecule has 1 fully saturated rings. The second-order valence-electron chi connectivity index (χ2n) is 8.82. The van der Waals surface area contributed by atoms with Crippen molar-refractivity contribution in [3.63, 3.8) is 0 Å². The molecule has 0 aromatic heterocycles. The fourth-order valence-electron chi connectivity index (χ4n) is 4.20. The molecule has 32 heavy (non-hydrogen) atoms. The van der Waals surface area contributed by atoms with E-state index < -0.39 is 30.3 Å². The molecule has 5 atom stereocenters. The van der Waals surface area contributed by atoms with Crippen LogP contribution in [-0.4, -0.2) is 49.2 Å². The van der Waals surface area contributed by atoms with Crippen LogP contribution in [-0.2, 0) is 33.3 Å². The number of carbonyl (C=O) groups is 3. The number of hydrogen-bond acceptors (Lipinski definition) is 7. The summed E-state index contributed by atoms with van der Waals surface area (Å²) in [6.07, 6.45) is 2.62. The van der Waals surface area contributed by atoms with Crippen molar-refractivity contribution in [2.24, 2.45) is 5.92 Å². The van der Waals surface area contributed by atoms with Gasteiger partial charge in [-0.05, 0) is 51.7 Å². The Hall–Kier alpha value is -2.67. The average molecular weight is 445 g/mol. The largest absolute Gasteiger partial charge is 0.489 e. The van der Waals surface area contributed by atoms with Crippen LogP contribution in [0.1, 0.15) is 53.4 Å². The summed E-state index contributed by atoms with van der Waals surface area (Å²) in [5.41, 5.74) is 2.10. The van der Waals surface area contributed by atoms with Crippen molar-refractivity contribution < 1.29 is 33.3 Å². The number of ether oxygens (including phenoxy) is 4. The van der Waals surface area contributed by atoms with Crippen molar-refractivity contribution in [2.75, 3.05) is 7.11 Å². The number of methoxy groups -OCH3 is 1. The molecule has 174 valence electrons. The van der Waals surface area contributed by atoms with Crippen molar-refractivity contribution in [1.82, 2.24) is 0 Å². The summed E-state index contributed by atoms with van der Waals surface area (Å²) in [6.45, 7) is 11.6. The van der Waals surface area contributed by atoms with E-state index in [1.54, 1.807) is 13.0 Å². The van der Waals surface area contributed by atoms with E-state index in [9.17, 15) is 14.4 Å². The maximum atomic E-state index is 13.3. The minimum Gasteiger partial charge on any atom is -0.489 e. The second-order valence-corrected chi connectivity index (χ2v) is 8.82. The van der Waals surface area contributed by atoms with E-state index in [4.69, 9.17) is 18.9 Å². The molecule has 0 aromatic rings. The quantitative estimate of drug-likeness (QED) is 0.471. The molecule has 0 spiro atoms. The van der Waals surface area contributed by atoms with Crippen molar-refractivity contribution in [1.29, 1.82) is 0 Å². The Bertz CT molecular complexity index is 907. The normalized spacial score (nSPS) is 29.0. The molecule has 3 aliphatic heterocycles. The molecule has 3 heterocycles. The van der Waals surface area contributed by atoms with Gasteiger partial charge in [-0.1, -0.05) is 24.6 Å². The van der Waals surface area contributed by atoms with Crippen LogP contribution in [0.4, 0.5) is 0 Å². The lowest BCUT2D eigenvalue weighted by Crippen LogP contribution is -2.37. The van der Waals surface area contributed by atoms with Gasteiger partial charge in [0.15, 0.2) is 11.9 Å². The number of esters is 2. The highest BCUT2D eigenvalue weighted by molar-refractivity contribution is 6.04. The standard InChI is InChI=1S/C25H32O7/c1-7-15(5)30-23-19(26)9-14(4)8-17-12-18(24(27)31-17)20-10-16(13(2)3)11-21(32-20)22(23)25(28)29-6/h9,12,15-17,20,23H,2,7-8,10-11H2,1,3-6H3. The number of hydrogen-bond donors (Lipinski definition) is 0. The van der Waals surface area contributed by atoms with Gasteiger partial charge < -0.3 is 18.9 Å². The number of allylic oxidation sites excluding steroid dienone is 2. The monoisotopic (exact) mass is 444 g/mol. The van der Waals surface area contributed by atoms with Gasteiger partial charge in [-0.15, -0.1) is 0 Å². The van der Waals surface area contributed by atoms with E-state index in [0.717, 1.165) is 11.1 Å². The van der Waals surface area contributed by atoms with Crippen LogP contribution < -0.4 is 0 Å².